The molecule has 0 saturated carbocycles. The molecule has 1 aromatic heterocycles. The van der Waals surface area contributed by atoms with Crippen molar-refractivity contribution in [3.8, 4) is 0 Å². The molecular formula is C11H19N7O2. The fraction of sp³-hybridized carbons (Fsp3) is 0.636. The van der Waals surface area contributed by atoms with E-state index in [0.717, 1.165) is 19.4 Å². The van der Waals surface area contributed by atoms with Gasteiger partial charge in [0.15, 0.2) is 0 Å². The van der Waals surface area contributed by atoms with Gasteiger partial charge in [0, 0.05) is 19.1 Å². The zero-order valence-electron chi connectivity index (χ0n) is 11.6. The van der Waals surface area contributed by atoms with Gasteiger partial charge in [-0.3, -0.25) is 15.5 Å². The molecule has 3 N–H and O–H groups in total. The van der Waals surface area contributed by atoms with E-state index >= 15 is 0 Å². The first-order chi connectivity index (χ1) is 9.52. The molecule has 20 heavy (non-hydrogen) atoms. The SMILES string of the molecule is CN(C)C1CCCN(c2nc(NN)ncc2[N+](=O)[O-])C1. The Balaban J connectivity index is 2.32. The third-order valence-corrected chi connectivity index (χ3v) is 3.50. The van der Waals surface area contributed by atoms with Crippen molar-refractivity contribution < 1.29 is 4.92 Å². The molecule has 110 valence electrons. The Labute approximate surface area is 116 Å². The van der Waals surface area contributed by atoms with Crippen LogP contribution in [0.3, 0.4) is 0 Å². The van der Waals surface area contributed by atoms with E-state index in [1.54, 1.807) is 0 Å². The Bertz CT molecular complexity index is 494. The first kappa shape index (κ1) is 14.4. The van der Waals surface area contributed by atoms with Crippen LogP contribution in [0.5, 0.6) is 0 Å². The van der Waals surface area contributed by atoms with E-state index in [4.69, 9.17) is 5.84 Å². The number of nitrogens with two attached hydrogens (primary N) is 1. The lowest BCUT2D eigenvalue weighted by molar-refractivity contribution is -0.384. The highest BCUT2D eigenvalue weighted by atomic mass is 16.6. The summed E-state index contributed by atoms with van der Waals surface area (Å²) in [5.41, 5.74) is 2.23. The number of anilines is 2. The zero-order valence-corrected chi connectivity index (χ0v) is 11.6. The first-order valence-corrected chi connectivity index (χ1v) is 6.42. The number of rotatable bonds is 4. The normalized spacial score (nSPS) is 19.2. The fourth-order valence-electron chi connectivity index (χ4n) is 2.37. The second-order valence-electron chi connectivity index (χ2n) is 5.01. The smallest absolute Gasteiger partial charge is 0.329 e. The minimum absolute atomic E-state index is 0.0941. The topological polar surface area (TPSA) is 113 Å². The summed E-state index contributed by atoms with van der Waals surface area (Å²) >= 11 is 0. The van der Waals surface area contributed by atoms with Crippen LogP contribution >= 0.6 is 0 Å². The summed E-state index contributed by atoms with van der Waals surface area (Å²) in [5, 5.41) is 11.1. The summed E-state index contributed by atoms with van der Waals surface area (Å²) in [6.07, 6.45) is 3.23. The van der Waals surface area contributed by atoms with Gasteiger partial charge in [-0.25, -0.2) is 10.8 Å². The molecule has 0 amide bonds. The number of hydrogen-bond donors (Lipinski definition) is 2. The van der Waals surface area contributed by atoms with E-state index in [0.29, 0.717) is 18.4 Å². The highest BCUT2D eigenvalue weighted by Gasteiger charge is 2.28. The second kappa shape index (κ2) is 5.97. The number of piperidine rings is 1. The van der Waals surface area contributed by atoms with Crippen LogP contribution in [0.25, 0.3) is 0 Å². The number of nitrogens with zero attached hydrogens (tertiary/aromatic N) is 5. The minimum atomic E-state index is -0.463. The van der Waals surface area contributed by atoms with E-state index in [9.17, 15) is 10.1 Å². The Kier molecular flexibility index (Phi) is 4.30. The Morgan fingerprint density at radius 2 is 2.35 bits per heavy atom. The van der Waals surface area contributed by atoms with Crippen molar-refractivity contribution in [2.75, 3.05) is 37.5 Å². The predicted molar refractivity (Wildman–Crippen MR) is 75.4 cm³/mol. The van der Waals surface area contributed by atoms with Crippen molar-refractivity contribution in [3.63, 3.8) is 0 Å². The van der Waals surface area contributed by atoms with Crippen molar-refractivity contribution in [2.24, 2.45) is 5.84 Å². The molecule has 0 radical (unpaired) electrons. The van der Waals surface area contributed by atoms with Gasteiger partial charge in [0.25, 0.3) is 0 Å². The summed E-state index contributed by atoms with van der Waals surface area (Å²) < 4.78 is 0. The van der Waals surface area contributed by atoms with E-state index in [1.807, 2.05) is 19.0 Å². The molecule has 1 saturated heterocycles. The number of nitrogens with one attached hydrogen (secondary N) is 1. The van der Waals surface area contributed by atoms with Crippen LogP contribution in [0.15, 0.2) is 6.20 Å². The Hall–Kier alpha value is -2.00. The maximum absolute atomic E-state index is 11.1. The molecule has 0 aromatic carbocycles. The number of nitrogen functional groups attached to an aromatic ring is 1. The summed E-state index contributed by atoms with van der Waals surface area (Å²) in [7, 11) is 4.02. The molecular weight excluding hydrogens is 262 g/mol. The maximum atomic E-state index is 11.1. The van der Waals surface area contributed by atoms with E-state index in [1.165, 1.54) is 6.20 Å². The van der Waals surface area contributed by atoms with Gasteiger partial charge in [-0.2, -0.15) is 4.98 Å². The van der Waals surface area contributed by atoms with Crippen LogP contribution in [0.2, 0.25) is 0 Å². The monoisotopic (exact) mass is 281 g/mol. The number of aromatic nitrogens is 2. The second-order valence-corrected chi connectivity index (χ2v) is 5.01. The number of hydrazine groups is 1. The molecule has 0 aliphatic carbocycles. The van der Waals surface area contributed by atoms with E-state index < -0.39 is 4.92 Å². The van der Waals surface area contributed by atoms with Gasteiger partial charge in [-0.1, -0.05) is 0 Å². The van der Waals surface area contributed by atoms with Gasteiger partial charge >= 0.3 is 5.69 Å². The van der Waals surface area contributed by atoms with Crippen molar-refractivity contribution in [3.05, 3.63) is 16.3 Å². The molecule has 1 atom stereocenters. The molecule has 1 aromatic rings. The van der Waals surface area contributed by atoms with E-state index in [-0.39, 0.29) is 11.6 Å². The summed E-state index contributed by atoms with van der Waals surface area (Å²) in [5.74, 6) is 5.78. The largest absolute Gasteiger partial charge is 0.349 e. The van der Waals surface area contributed by atoms with E-state index in [2.05, 4.69) is 20.3 Å². The number of hydrogen-bond acceptors (Lipinski definition) is 8. The van der Waals surface area contributed by atoms with Crippen LogP contribution in [0.1, 0.15) is 12.8 Å². The molecule has 0 spiro atoms. The molecule has 2 rings (SSSR count). The molecule has 1 aliphatic heterocycles. The average molecular weight is 281 g/mol. The lowest BCUT2D eigenvalue weighted by Gasteiger charge is -2.36. The molecule has 1 fully saturated rings. The Morgan fingerprint density at radius 1 is 1.60 bits per heavy atom. The van der Waals surface area contributed by atoms with Crippen LogP contribution < -0.4 is 16.2 Å². The van der Waals surface area contributed by atoms with Crippen LogP contribution in [0, 0.1) is 10.1 Å². The van der Waals surface area contributed by atoms with Gasteiger partial charge < -0.3 is 9.80 Å². The molecule has 1 aliphatic rings. The van der Waals surface area contributed by atoms with Gasteiger partial charge in [0.2, 0.25) is 11.8 Å². The van der Waals surface area contributed by atoms with Gasteiger partial charge in [0.1, 0.15) is 6.20 Å². The molecule has 2 heterocycles. The predicted octanol–water partition coefficient (Wildman–Crippen LogP) is 0.201. The highest BCUT2D eigenvalue weighted by molar-refractivity contribution is 5.59. The number of nitro groups is 1. The van der Waals surface area contributed by atoms with Crippen molar-refractivity contribution in [2.45, 2.75) is 18.9 Å². The molecule has 9 nitrogen and oxygen atoms in total. The third-order valence-electron chi connectivity index (χ3n) is 3.50. The minimum Gasteiger partial charge on any atom is -0.349 e. The maximum Gasteiger partial charge on any atom is 0.329 e. The quantitative estimate of drug-likeness (QED) is 0.457. The van der Waals surface area contributed by atoms with Gasteiger partial charge in [0.05, 0.1) is 4.92 Å². The lowest BCUT2D eigenvalue weighted by Crippen LogP contribution is -2.45. The van der Waals surface area contributed by atoms with Crippen molar-refractivity contribution >= 4 is 17.5 Å². The van der Waals surface area contributed by atoms with Crippen LogP contribution in [-0.2, 0) is 0 Å². The zero-order chi connectivity index (χ0) is 14.7. The van der Waals surface area contributed by atoms with Crippen LogP contribution in [0.4, 0.5) is 17.5 Å². The highest BCUT2D eigenvalue weighted by Crippen LogP contribution is 2.29. The summed E-state index contributed by atoms with van der Waals surface area (Å²) in [6.45, 7) is 1.45. The summed E-state index contributed by atoms with van der Waals surface area (Å²) in [4.78, 5) is 22.7. The standard InChI is InChI=1S/C11H19N7O2/c1-16(2)8-4-3-5-17(7-8)10-9(18(19)20)6-13-11(14-10)15-12/h6,8H,3-5,7,12H2,1-2H3,(H,13,14,15). The molecule has 1 unspecified atom stereocenters. The first-order valence-electron chi connectivity index (χ1n) is 6.42. The van der Waals surface area contributed by atoms with Crippen molar-refractivity contribution in [1.29, 1.82) is 0 Å². The fourth-order valence-corrected chi connectivity index (χ4v) is 2.37. The summed E-state index contributed by atoms with van der Waals surface area (Å²) in [6, 6.07) is 0.354. The lowest BCUT2D eigenvalue weighted by atomic mass is 10.0. The van der Waals surface area contributed by atoms with Gasteiger partial charge in [-0.05, 0) is 26.9 Å². The molecule has 0 bridgehead atoms. The average Bonchev–Trinajstić information content (AvgIpc) is 2.46. The van der Waals surface area contributed by atoms with Crippen molar-refractivity contribution in [1.82, 2.24) is 14.9 Å². The Morgan fingerprint density at radius 3 is 2.95 bits per heavy atom. The van der Waals surface area contributed by atoms with Crippen LogP contribution in [-0.4, -0.2) is 53.0 Å². The molecule has 9 heteroatoms. The number of likely N-dealkylation sites (N-methyl/N-ethyl adjacent to an activating group) is 1. The third kappa shape index (κ3) is 2.94. The van der Waals surface area contributed by atoms with Gasteiger partial charge in [-0.15, -0.1) is 0 Å².